The summed E-state index contributed by atoms with van der Waals surface area (Å²) in [7, 11) is 0. The third kappa shape index (κ3) is 4.96. The van der Waals surface area contributed by atoms with Gasteiger partial charge in [0.1, 0.15) is 30.4 Å². The van der Waals surface area contributed by atoms with Gasteiger partial charge in [0.05, 0.1) is 0 Å². The molecule has 7 nitrogen and oxygen atoms in total. The SMILES string of the molecule is CC(C)(C)N(CC(COc1cc(F)c2c(c1)CC(C=O)C2)C(=O)O)C(=O)O. The van der Waals surface area contributed by atoms with Crippen LogP contribution in [0.4, 0.5) is 9.18 Å². The monoisotopic (exact) mass is 381 g/mol. The van der Waals surface area contributed by atoms with E-state index in [0.29, 0.717) is 24.0 Å². The van der Waals surface area contributed by atoms with E-state index >= 15 is 0 Å². The molecule has 0 radical (unpaired) electrons. The summed E-state index contributed by atoms with van der Waals surface area (Å²) in [5, 5.41) is 18.7. The molecule has 0 bridgehead atoms. The van der Waals surface area contributed by atoms with E-state index in [1.165, 1.54) is 6.07 Å². The van der Waals surface area contributed by atoms with Gasteiger partial charge in [-0.2, -0.15) is 0 Å². The Balaban J connectivity index is 2.11. The van der Waals surface area contributed by atoms with E-state index in [0.717, 1.165) is 11.2 Å². The maximum atomic E-state index is 14.2. The summed E-state index contributed by atoms with van der Waals surface area (Å²) in [6, 6.07) is 2.78. The molecule has 1 aromatic rings. The average molecular weight is 381 g/mol. The highest BCUT2D eigenvalue weighted by molar-refractivity contribution is 5.72. The van der Waals surface area contributed by atoms with Gasteiger partial charge in [-0.25, -0.2) is 9.18 Å². The molecule has 148 valence electrons. The third-order valence-corrected chi connectivity index (χ3v) is 4.65. The van der Waals surface area contributed by atoms with Crippen LogP contribution in [0.3, 0.4) is 0 Å². The standard InChI is InChI=1S/C19H24FNO6/c1-19(2,3)21(18(25)26)8-13(17(23)24)10-27-14-6-12-4-11(9-22)5-15(12)16(20)7-14/h6-7,9,11,13H,4-5,8,10H2,1-3H3,(H,23,24)(H,25,26). The van der Waals surface area contributed by atoms with Crippen molar-refractivity contribution in [2.45, 2.75) is 39.2 Å². The number of halogens is 1. The minimum atomic E-state index is -1.22. The molecule has 0 saturated carbocycles. The van der Waals surface area contributed by atoms with Crippen molar-refractivity contribution in [1.82, 2.24) is 4.90 Å². The predicted molar refractivity (Wildman–Crippen MR) is 94.5 cm³/mol. The van der Waals surface area contributed by atoms with Crippen LogP contribution in [0.25, 0.3) is 0 Å². The summed E-state index contributed by atoms with van der Waals surface area (Å²) >= 11 is 0. The molecule has 2 atom stereocenters. The van der Waals surface area contributed by atoms with E-state index in [-0.39, 0.29) is 24.8 Å². The van der Waals surface area contributed by atoms with Gasteiger partial charge in [-0.3, -0.25) is 4.79 Å². The second-order valence-corrected chi connectivity index (χ2v) is 7.76. The molecular weight excluding hydrogens is 357 g/mol. The first kappa shape index (κ1) is 20.7. The fourth-order valence-corrected chi connectivity index (χ4v) is 3.13. The highest BCUT2D eigenvalue weighted by Gasteiger charge is 2.32. The minimum Gasteiger partial charge on any atom is -0.493 e. The van der Waals surface area contributed by atoms with E-state index in [2.05, 4.69) is 0 Å². The van der Waals surface area contributed by atoms with Crippen molar-refractivity contribution in [3.63, 3.8) is 0 Å². The Hall–Kier alpha value is -2.64. The zero-order valence-corrected chi connectivity index (χ0v) is 15.6. The Morgan fingerprint density at radius 2 is 2.00 bits per heavy atom. The molecule has 0 spiro atoms. The Morgan fingerprint density at radius 3 is 2.52 bits per heavy atom. The number of carbonyl (C=O) groups excluding carboxylic acids is 1. The van der Waals surface area contributed by atoms with Crippen molar-refractivity contribution in [3.8, 4) is 5.75 Å². The number of carboxylic acids is 1. The molecule has 0 aliphatic heterocycles. The molecule has 2 N–H and O–H groups in total. The van der Waals surface area contributed by atoms with Crippen molar-refractivity contribution in [1.29, 1.82) is 0 Å². The van der Waals surface area contributed by atoms with E-state index in [1.807, 2.05) is 0 Å². The van der Waals surface area contributed by atoms with Crippen LogP contribution in [0, 0.1) is 17.7 Å². The summed E-state index contributed by atoms with van der Waals surface area (Å²) in [6.07, 6.45) is 0.346. The number of aldehydes is 1. The topological polar surface area (TPSA) is 104 Å². The fourth-order valence-electron chi connectivity index (χ4n) is 3.13. The first-order chi connectivity index (χ1) is 12.5. The highest BCUT2D eigenvalue weighted by Crippen LogP contribution is 2.31. The van der Waals surface area contributed by atoms with Gasteiger partial charge in [0.2, 0.25) is 0 Å². The first-order valence-electron chi connectivity index (χ1n) is 8.65. The number of hydrogen-bond donors (Lipinski definition) is 2. The number of amides is 1. The molecule has 0 fully saturated rings. The van der Waals surface area contributed by atoms with Crippen LogP contribution in [0.2, 0.25) is 0 Å². The molecule has 1 aromatic carbocycles. The molecule has 2 unspecified atom stereocenters. The van der Waals surface area contributed by atoms with Gasteiger partial charge in [0, 0.05) is 24.1 Å². The number of carboxylic acid groups (broad SMARTS) is 2. The van der Waals surface area contributed by atoms with Gasteiger partial charge in [0.15, 0.2) is 0 Å². The average Bonchev–Trinajstić information content (AvgIpc) is 2.96. The number of benzene rings is 1. The van der Waals surface area contributed by atoms with Crippen molar-refractivity contribution in [2.75, 3.05) is 13.2 Å². The fraction of sp³-hybridized carbons (Fsp3) is 0.526. The highest BCUT2D eigenvalue weighted by atomic mass is 19.1. The van der Waals surface area contributed by atoms with Crippen LogP contribution in [-0.2, 0) is 22.4 Å². The molecular formula is C19H24FNO6. The number of ether oxygens (including phenoxy) is 1. The van der Waals surface area contributed by atoms with E-state index in [1.54, 1.807) is 26.8 Å². The van der Waals surface area contributed by atoms with E-state index in [4.69, 9.17) is 4.74 Å². The molecule has 2 rings (SSSR count). The lowest BCUT2D eigenvalue weighted by molar-refractivity contribution is -0.143. The van der Waals surface area contributed by atoms with Gasteiger partial charge in [-0.1, -0.05) is 0 Å². The quantitative estimate of drug-likeness (QED) is 0.704. The molecule has 1 aliphatic rings. The first-order valence-corrected chi connectivity index (χ1v) is 8.65. The number of rotatable bonds is 7. The molecule has 1 aliphatic carbocycles. The van der Waals surface area contributed by atoms with Crippen molar-refractivity contribution in [3.05, 3.63) is 29.1 Å². The lowest BCUT2D eigenvalue weighted by Crippen LogP contribution is -2.49. The van der Waals surface area contributed by atoms with Gasteiger partial charge < -0.3 is 24.6 Å². The van der Waals surface area contributed by atoms with E-state index in [9.17, 15) is 29.0 Å². The zero-order chi connectivity index (χ0) is 20.4. The van der Waals surface area contributed by atoms with Crippen LogP contribution >= 0.6 is 0 Å². The summed E-state index contributed by atoms with van der Waals surface area (Å²) < 4.78 is 19.7. The van der Waals surface area contributed by atoms with Crippen molar-refractivity contribution in [2.24, 2.45) is 11.8 Å². The summed E-state index contributed by atoms with van der Waals surface area (Å²) in [6.45, 7) is 4.44. The number of carbonyl (C=O) groups is 3. The molecule has 0 saturated heterocycles. The summed E-state index contributed by atoms with van der Waals surface area (Å²) in [5.74, 6) is -2.89. The minimum absolute atomic E-state index is 0.168. The Morgan fingerprint density at radius 1 is 1.33 bits per heavy atom. The molecule has 0 aromatic heterocycles. The molecule has 1 amide bonds. The number of hydrogen-bond acceptors (Lipinski definition) is 4. The van der Waals surface area contributed by atoms with E-state index < -0.39 is 29.3 Å². The van der Waals surface area contributed by atoms with Gasteiger partial charge in [-0.15, -0.1) is 0 Å². The smallest absolute Gasteiger partial charge is 0.407 e. The lowest BCUT2D eigenvalue weighted by Gasteiger charge is -2.34. The van der Waals surface area contributed by atoms with Gasteiger partial charge in [-0.05, 0) is 50.8 Å². The maximum Gasteiger partial charge on any atom is 0.407 e. The maximum absolute atomic E-state index is 14.2. The predicted octanol–water partition coefficient (Wildman–Crippen LogP) is 2.60. The van der Waals surface area contributed by atoms with Gasteiger partial charge >= 0.3 is 12.1 Å². The van der Waals surface area contributed by atoms with Crippen molar-refractivity contribution >= 4 is 18.3 Å². The van der Waals surface area contributed by atoms with Crippen molar-refractivity contribution < 1.29 is 33.7 Å². The Bertz CT molecular complexity index is 742. The van der Waals surface area contributed by atoms with Crippen LogP contribution in [-0.4, -0.2) is 52.2 Å². The normalized spacial score (nSPS) is 17.1. The second kappa shape index (κ2) is 7.94. The van der Waals surface area contributed by atoms with Crippen LogP contribution in [0.1, 0.15) is 31.9 Å². The molecule has 8 heteroatoms. The van der Waals surface area contributed by atoms with Gasteiger partial charge in [0.25, 0.3) is 0 Å². The molecule has 27 heavy (non-hydrogen) atoms. The molecule has 0 heterocycles. The van der Waals surface area contributed by atoms with Crippen LogP contribution < -0.4 is 4.74 Å². The second-order valence-electron chi connectivity index (χ2n) is 7.76. The zero-order valence-electron chi connectivity index (χ0n) is 15.6. The lowest BCUT2D eigenvalue weighted by atomic mass is 10.0. The number of nitrogens with zero attached hydrogens (tertiary/aromatic N) is 1. The number of aliphatic carboxylic acids is 1. The summed E-state index contributed by atoms with van der Waals surface area (Å²) in [5.41, 5.74) is 0.387. The number of fused-ring (bicyclic) bond motifs is 1. The Labute approximate surface area is 156 Å². The Kier molecular flexibility index (Phi) is 6.08. The third-order valence-electron chi connectivity index (χ3n) is 4.65. The summed E-state index contributed by atoms with van der Waals surface area (Å²) in [4.78, 5) is 34.9. The van der Waals surface area contributed by atoms with Crippen LogP contribution in [0.5, 0.6) is 5.75 Å². The largest absolute Gasteiger partial charge is 0.493 e. The van der Waals surface area contributed by atoms with Crippen LogP contribution in [0.15, 0.2) is 12.1 Å².